The quantitative estimate of drug-likeness (QED) is 0.573. The molecule has 0 saturated carbocycles. The highest BCUT2D eigenvalue weighted by molar-refractivity contribution is 4.47. The molecule has 1 atom stereocenters. The van der Waals surface area contributed by atoms with E-state index in [1.807, 2.05) is 6.92 Å². The molecular weight excluding hydrogens is 88.1 g/mol. The maximum atomic E-state index is 8.86. The van der Waals surface area contributed by atoms with Crippen LogP contribution in [-0.2, 0) is 0 Å². The van der Waals surface area contributed by atoms with Crippen LogP contribution in [0.1, 0.15) is 33.1 Å². The van der Waals surface area contributed by atoms with E-state index >= 15 is 0 Å². The van der Waals surface area contributed by atoms with Crippen LogP contribution in [0.25, 0.3) is 0 Å². The summed E-state index contributed by atoms with van der Waals surface area (Å²) in [5.74, 6) is 0. The van der Waals surface area contributed by atoms with Gasteiger partial charge in [-0.2, -0.15) is 0 Å². The Balaban J connectivity index is 2.83. The van der Waals surface area contributed by atoms with Gasteiger partial charge in [-0.05, 0) is 12.8 Å². The minimum absolute atomic E-state index is 0.0509. The molecule has 0 amide bonds. The van der Waals surface area contributed by atoms with Crippen molar-refractivity contribution in [2.24, 2.45) is 0 Å². The summed E-state index contributed by atoms with van der Waals surface area (Å²) in [5, 5.41) is 8.86. The molecule has 0 heterocycles. The van der Waals surface area contributed by atoms with Crippen molar-refractivity contribution in [3.8, 4) is 0 Å². The van der Waals surface area contributed by atoms with Gasteiger partial charge in [-0.15, -0.1) is 0 Å². The lowest BCUT2D eigenvalue weighted by Gasteiger charge is -2.01. The number of aliphatic hydroxyl groups is 1. The molecule has 1 heteroatoms. The third-order valence-corrected chi connectivity index (χ3v) is 1.09. The van der Waals surface area contributed by atoms with Gasteiger partial charge >= 0.3 is 0 Å². The number of hydrogen-bond donors (Lipinski definition) is 1. The molecule has 0 saturated heterocycles. The lowest BCUT2D eigenvalue weighted by molar-refractivity contribution is 0.159. The maximum absolute atomic E-state index is 8.86. The summed E-state index contributed by atoms with van der Waals surface area (Å²) in [6.07, 6.45) is 2.89. The molecule has 0 radical (unpaired) electrons. The van der Waals surface area contributed by atoms with E-state index in [1.54, 1.807) is 0 Å². The van der Waals surface area contributed by atoms with Crippen molar-refractivity contribution in [2.75, 3.05) is 0 Å². The van der Waals surface area contributed by atoms with E-state index in [1.165, 1.54) is 0 Å². The Hall–Kier alpha value is -0.0400. The Kier molecular flexibility index (Phi) is 4.10. The molecule has 0 aliphatic heterocycles. The molecule has 0 aromatic heterocycles. The van der Waals surface area contributed by atoms with Crippen molar-refractivity contribution in [3.05, 3.63) is 0 Å². The number of hydrogen-bond acceptors (Lipinski definition) is 1. The Morgan fingerprint density at radius 2 is 2.00 bits per heavy atom. The van der Waals surface area contributed by atoms with Gasteiger partial charge in [0.25, 0.3) is 0 Å². The average molecular weight is 102 g/mol. The zero-order valence-corrected chi connectivity index (χ0v) is 5.15. The summed E-state index contributed by atoms with van der Waals surface area (Å²) < 4.78 is 0. The van der Waals surface area contributed by atoms with Gasteiger partial charge in [0.05, 0.1) is 6.10 Å². The van der Waals surface area contributed by atoms with E-state index in [9.17, 15) is 0 Å². The SMILES string of the molecule is CCC[C@H](O)CC. The van der Waals surface area contributed by atoms with Crippen LogP contribution >= 0.6 is 0 Å². The molecule has 0 aliphatic rings. The smallest absolute Gasteiger partial charge is 0.0537 e. The van der Waals surface area contributed by atoms with Crippen molar-refractivity contribution < 1.29 is 5.11 Å². The van der Waals surface area contributed by atoms with Crippen LogP contribution in [0.5, 0.6) is 0 Å². The summed E-state index contributed by atoms with van der Waals surface area (Å²) in [4.78, 5) is 0. The summed E-state index contributed by atoms with van der Waals surface area (Å²) >= 11 is 0. The van der Waals surface area contributed by atoms with Crippen LogP contribution in [0, 0.1) is 0 Å². The summed E-state index contributed by atoms with van der Waals surface area (Å²) in [5.41, 5.74) is 0. The largest absolute Gasteiger partial charge is 0.393 e. The standard InChI is InChI=1S/C6H14O/c1-3-5-6(7)4-2/h6-7H,3-5H2,1-2H3/t6-/m1/s1. The van der Waals surface area contributed by atoms with Crippen LogP contribution in [0.3, 0.4) is 0 Å². The third-order valence-electron chi connectivity index (χ3n) is 1.09. The van der Waals surface area contributed by atoms with E-state index in [0.717, 1.165) is 19.3 Å². The molecule has 0 fully saturated rings. The van der Waals surface area contributed by atoms with Crippen molar-refractivity contribution in [2.45, 2.75) is 39.2 Å². The highest BCUT2D eigenvalue weighted by Crippen LogP contribution is 1.98. The van der Waals surface area contributed by atoms with Crippen LogP contribution < -0.4 is 0 Å². The molecule has 1 nitrogen and oxygen atoms in total. The lowest BCUT2D eigenvalue weighted by atomic mass is 10.2. The first-order valence-electron chi connectivity index (χ1n) is 2.99. The molecule has 0 aromatic rings. The second-order valence-electron chi connectivity index (χ2n) is 1.85. The second kappa shape index (κ2) is 4.13. The predicted molar refractivity (Wildman–Crippen MR) is 31.2 cm³/mol. The molecule has 1 N–H and O–H groups in total. The average Bonchev–Trinajstić information content (AvgIpc) is 1.68. The van der Waals surface area contributed by atoms with E-state index in [2.05, 4.69) is 6.92 Å². The van der Waals surface area contributed by atoms with Crippen molar-refractivity contribution >= 4 is 0 Å². The molecular formula is C6H14O. The fourth-order valence-corrected chi connectivity index (χ4v) is 0.537. The second-order valence-corrected chi connectivity index (χ2v) is 1.85. The van der Waals surface area contributed by atoms with Crippen LogP contribution in [0.15, 0.2) is 0 Å². The molecule has 0 rings (SSSR count). The van der Waals surface area contributed by atoms with Crippen LogP contribution in [0.4, 0.5) is 0 Å². The Morgan fingerprint density at radius 1 is 1.43 bits per heavy atom. The molecule has 44 valence electrons. The van der Waals surface area contributed by atoms with Gasteiger partial charge < -0.3 is 5.11 Å². The molecule has 7 heavy (non-hydrogen) atoms. The van der Waals surface area contributed by atoms with Crippen LogP contribution in [0.2, 0.25) is 0 Å². The van der Waals surface area contributed by atoms with Gasteiger partial charge in [-0.25, -0.2) is 0 Å². The highest BCUT2D eigenvalue weighted by atomic mass is 16.3. The Bertz CT molecular complexity index is 35.2. The van der Waals surface area contributed by atoms with Gasteiger partial charge in [0.2, 0.25) is 0 Å². The third kappa shape index (κ3) is 3.80. The first-order valence-corrected chi connectivity index (χ1v) is 2.99. The minimum atomic E-state index is -0.0509. The van der Waals surface area contributed by atoms with E-state index < -0.39 is 0 Å². The molecule has 0 unspecified atom stereocenters. The first kappa shape index (κ1) is 6.96. The number of aliphatic hydroxyl groups excluding tert-OH is 1. The van der Waals surface area contributed by atoms with Gasteiger partial charge in [0.15, 0.2) is 0 Å². The van der Waals surface area contributed by atoms with Gasteiger partial charge in [-0.1, -0.05) is 20.3 Å². The molecule has 0 aromatic carbocycles. The summed E-state index contributed by atoms with van der Waals surface area (Å²) in [7, 11) is 0. The van der Waals surface area contributed by atoms with Crippen LogP contribution in [-0.4, -0.2) is 11.2 Å². The van der Waals surface area contributed by atoms with E-state index in [-0.39, 0.29) is 6.10 Å². The summed E-state index contributed by atoms with van der Waals surface area (Å²) in [6.45, 7) is 4.08. The van der Waals surface area contributed by atoms with Crippen molar-refractivity contribution in [1.82, 2.24) is 0 Å². The molecule has 0 spiro atoms. The fraction of sp³-hybridized carbons (Fsp3) is 1.00. The van der Waals surface area contributed by atoms with Crippen molar-refractivity contribution in [3.63, 3.8) is 0 Å². The predicted octanol–water partition coefficient (Wildman–Crippen LogP) is 1.56. The van der Waals surface area contributed by atoms with E-state index in [0.29, 0.717) is 0 Å². The normalized spacial score (nSPS) is 14.1. The fourth-order valence-electron chi connectivity index (χ4n) is 0.537. The van der Waals surface area contributed by atoms with Gasteiger partial charge in [-0.3, -0.25) is 0 Å². The Labute approximate surface area is 45.4 Å². The van der Waals surface area contributed by atoms with E-state index in [4.69, 9.17) is 5.11 Å². The highest BCUT2D eigenvalue weighted by Gasteiger charge is 1.94. The Morgan fingerprint density at radius 3 is 2.14 bits per heavy atom. The molecule has 0 aliphatic carbocycles. The van der Waals surface area contributed by atoms with Gasteiger partial charge in [0, 0.05) is 0 Å². The lowest BCUT2D eigenvalue weighted by Crippen LogP contribution is -2.01. The monoisotopic (exact) mass is 102 g/mol. The van der Waals surface area contributed by atoms with Crippen molar-refractivity contribution in [1.29, 1.82) is 0 Å². The van der Waals surface area contributed by atoms with Gasteiger partial charge in [0.1, 0.15) is 0 Å². The number of rotatable bonds is 3. The minimum Gasteiger partial charge on any atom is -0.393 e. The molecule has 0 bridgehead atoms. The maximum Gasteiger partial charge on any atom is 0.0537 e. The zero-order chi connectivity index (χ0) is 5.70. The summed E-state index contributed by atoms with van der Waals surface area (Å²) in [6, 6.07) is 0. The zero-order valence-electron chi connectivity index (χ0n) is 5.15. The first-order chi connectivity index (χ1) is 3.31. The topological polar surface area (TPSA) is 20.2 Å².